The number of hydrogen-bond acceptors (Lipinski definition) is 7. The van der Waals surface area contributed by atoms with Gasteiger partial charge >= 0.3 is 0 Å². The molecule has 0 aliphatic heterocycles. The van der Waals surface area contributed by atoms with E-state index in [2.05, 4.69) is 22.4 Å². The van der Waals surface area contributed by atoms with Crippen molar-refractivity contribution in [1.29, 1.82) is 0 Å². The molecule has 4 rings (SSSR count). The van der Waals surface area contributed by atoms with Crippen LogP contribution in [0.4, 0.5) is 5.00 Å². The Morgan fingerprint density at radius 3 is 2.88 bits per heavy atom. The zero-order valence-electron chi connectivity index (χ0n) is 19.8. The number of nitrogens with one attached hydrogen (secondary N) is 1. The number of aryl methyl sites for hydroxylation is 2. The van der Waals surface area contributed by atoms with Crippen LogP contribution < -0.4 is 15.8 Å². The quantitative estimate of drug-likeness (QED) is 0.453. The first-order valence-electron chi connectivity index (χ1n) is 11.2. The summed E-state index contributed by atoms with van der Waals surface area (Å²) >= 11 is 2.75. The normalized spacial score (nSPS) is 15.1. The van der Waals surface area contributed by atoms with Gasteiger partial charge in [0.2, 0.25) is 5.91 Å². The number of hydrogen-bond donors (Lipinski definition) is 2. The smallest absolute Gasteiger partial charge is 0.251 e. The van der Waals surface area contributed by atoms with Gasteiger partial charge in [-0.3, -0.25) is 9.59 Å². The molecule has 3 aromatic rings. The minimum atomic E-state index is -0.489. The maximum atomic E-state index is 12.7. The molecule has 0 fully saturated rings. The molecule has 1 aliphatic carbocycles. The van der Waals surface area contributed by atoms with Gasteiger partial charge in [0.25, 0.3) is 5.91 Å². The van der Waals surface area contributed by atoms with Crippen LogP contribution in [0.2, 0.25) is 0 Å². The molecule has 0 saturated carbocycles. The minimum absolute atomic E-state index is 0.140. The number of fused-ring (bicyclic) bond motifs is 1. The molecule has 10 heteroatoms. The van der Waals surface area contributed by atoms with Crippen molar-refractivity contribution < 1.29 is 14.3 Å². The Morgan fingerprint density at radius 1 is 1.32 bits per heavy atom. The van der Waals surface area contributed by atoms with Crippen LogP contribution in [0.15, 0.2) is 23.4 Å². The molecule has 1 unspecified atom stereocenters. The molecule has 0 spiro atoms. The zero-order valence-corrected chi connectivity index (χ0v) is 21.4. The van der Waals surface area contributed by atoms with E-state index in [9.17, 15) is 9.59 Å². The van der Waals surface area contributed by atoms with Crippen molar-refractivity contribution in [3.8, 4) is 5.75 Å². The zero-order chi connectivity index (χ0) is 24.4. The van der Waals surface area contributed by atoms with E-state index in [1.807, 2.05) is 43.7 Å². The van der Waals surface area contributed by atoms with Crippen molar-refractivity contribution in [2.45, 2.75) is 51.8 Å². The van der Waals surface area contributed by atoms with E-state index in [0.29, 0.717) is 27.5 Å². The number of amides is 2. The van der Waals surface area contributed by atoms with E-state index in [4.69, 9.17) is 10.5 Å². The summed E-state index contributed by atoms with van der Waals surface area (Å²) < 4.78 is 7.75. The van der Waals surface area contributed by atoms with Gasteiger partial charge in [0.05, 0.1) is 11.3 Å². The summed E-state index contributed by atoms with van der Waals surface area (Å²) in [6.07, 6.45) is 2.76. The number of carbonyl (C=O) groups excluding carboxylic acids is 2. The Hall–Kier alpha value is -2.85. The van der Waals surface area contributed by atoms with E-state index >= 15 is 0 Å². The molecule has 2 aromatic heterocycles. The fourth-order valence-corrected chi connectivity index (χ4v) is 6.16. The van der Waals surface area contributed by atoms with Crippen LogP contribution in [-0.2, 0) is 31.3 Å². The lowest BCUT2D eigenvalue weighted by atomic mass is 9.88. The molecule has 1 aliphatic rings. The molecule has 34 heavy (non-hydrogen) atoms. The van der Waals surface area contributed by atoms with Crippen molar-refractivity contribution >= 4 is 39.9 Å². The maximum absolute atomic E-state index is 12.7. The molecule has 8 nitrogen and oxygen atoms in total. The van der Waals surface area contributed by atoms with Crippen molar-refractivity contribution in [3.05, 3.63) is 51.2 Å². The second-order valence-electron chi connectivity index (χ2n) is 8.77. The van der Waals surface area contributed by atoms with Gasteiger partial charge in [-0.2, -0.15) is 0 Å². The summed E-state index contributed by atoms with van der Waals surface area (Å²) in [5.41, 5.74) is 9.30. The number of primary amides is 1. The standard InChI is InChI=1S/C24H29N5O3S2/c1-13-5-7-15(3)17(9-13)32-11-19-27-28-24(29(19)4)33-12-20(30)26-23-21(22(25)31)16-8-6-14(2)10-18(16)34-23/h5,7,9,14H,6,8,10-12H2,1-4H3,(H2,25,31)(H,26,30). The molecule has 0 bridgehead atoms. The fraction of sp³-hybridized carbons (Fsp3) is 0.417. The first-order valence-corrected chi connectivity index (χ1v) is 13.0. The van der Waals surface area contributed by atoms with Crippen LogP contribution >= 0.6 is 23.1 Å². The summed E-state index contributed by atoms with van der Waals surface area (Å²) in [5, 5.41) is 12.5. The number of aromatic nitrogens is 3. The third kappa shape index (κ3) is 5.28. The van der Waals surface area contributed by atoms with Gasteiger partial charge in [0.1, 0.15) is 17.4 Å². The first kappa shape index (κ1) is 24.3. The Morgan fingerprint density at radius 2 is 2.12 bits per heavy atom. The SMILES string of the molecule is Cc1ccc(C)c(OCc2nnc(SCC(=O)Nc3sc4c(c3C(N)=O)CCC(C)C4)n2C)c1. The Balaban J connectivity index is 1.37. The van der Waals surface area contributed by atoms with Gasteiger partial charge < -0.3 is 20.4 Å². The monoisotopic (exact) mass is 499 g/mol. The molecule has 3 N–H and O–H groups in total. The topological polar surface area (TPSA) is 112 Å². The molecule has 180 valence electrons. The third-order valence-electron chi connectivity index (χ3n) is 5.97. The summed E-state index contributed by atoms with van der Waals surface area (Å²) in [5.74, 6) is 1.48. The number of anilines is 1. The second kappa shape index (κ2) is 10.2. The number of nitrogens with two attached hydrogens (primary N) is 1. The van der Waals surface area contributed by atoms with Crippen molar-refractivity contribution in [2.75, 3.05) is 11.1 Å². The number of carbonyl (C=O) groups is 2. The highest BCUT2D eigenvalue weighted by Gasteiger charge is 2.27. The van der Waals surface area contributed by atoms with E-state index in [1.54, 1.807) is 0 Å². The summed E-state index contributed by atoms with van der Waals surface area (Å²) in [6.45, 7) is 6.50. The number of benzene rings is 1. The fourth-order valence-electron chi connectivity index (χ4n) is 3.99. The maximum Gasteiger partial charge on any atom is 0.251 e. The van der Waals surface area contributed by atoms with Crippen molar-refractivity contribution in [3.63, 3.8) is 0 Å². The highest BCUT2D eigenvalue weighted by atomic mass is 32.2. The van der Waals surface area contributed by atoms with Crippen LogP contribution in [0, 0.1) is 19.8 Å². The van der Waals surface area contributed by atoms with E-state index < -0.39 is 5.91 Å². The number of thiophene rings is 1. The average Bonchev–Trinajstić information content (AvgIpc) is 3.31. The Labute approximate surface area is 207 Å². The lowest BCUT2D eigenvalue weighted by Crippen LogP contribution is -2.20. The van der Waals surface area contributed by atoms with Crippen molar-refractivity contribution in [1.82, 2.24) is 14.8 Å². The van der Waals surface area contributed by atoms with Crippen LogP contribution in [0.1, 0.15) is 51.1 Å². The highest BCUT2D eigenvalue weighted by Crippen LogP contribution is 2.39. The van der Waals surface area contributed by atoms with E-state index in [1.165, 1.54) is 23.1 Å². The van der Waals surface area contributed by atoms with E-state index in [0.717, 1.165) is 46.6 Å². The Kier molecular flexibility index (Phi) is 7.27. The number of rotatable bonds is 8. The lowest BCUT2D eigenvalue weighted by molar-refractivity contribution is -0.113. The predicted molar refractivity (Wildman–Crippen MR) is 135 cm³/mol. The molecule has 0 saturated heterocycles. The van der Waals surface area contributed by atoms with E-state index in [-0.39, 0.29) is 18.3 Å². The highest BCUT2D eigenvalue weighted by molar-refractivity contribution is 7.99. The molecule has 0 radical (unpaired) electrons. The largest absolute Gasteiger partial charge is 0.485 e. The Bertz CT molecular complexity index is 1230. The van der Waals surface area contributed by atoms with Crippen LogP contribution in [0.25, 0.3) is 0 Å². The first-order chi connectivity index (χ1) is 16.2. The summed E-state index contributed by atoms with van der Waals surface area (Å²) in [4.78, 5) is 25.9. The van der Waals surface area contributed by atoms with Crippen LogP contribution in [-0.4, -0.2) is 32.3 Å². The van der Waals surface area contributed by atoms with Gasteiger partial charge in [0.15, 0.2) is 11.0 Å². The summed E-state index contributed by atoms with van der Waals surface area (Å²) in [6, 6.07) is 6.06. The minimum Gasteiger partial charge on any atom is -0.485 e. The van der Waals surface area contributed by atoms with Gasteiger partial charge in [0, 0.05) is 11.9 Å². The van der Waals surface area contributed by atoms with Gasteiger partial charge in [-0.15, -0.1) is 21.5 Å². The van der Waals surface area contributed by atoms with Gasteiger partial charge in [-0.05, 0) is 61.8 Å². The second-order valence-corrected chi connectivity index (χ2v) is 10.8. The molecule has 1 aromatic carbocycles. The number of thioether (sulfide) groups is 1. The van der Waals surface area contributed by atoms with Gasteiger partial charge in [-0.25, -0.2) is 0 Å². The lowest BCUT2D eigenvalue weighted by Gasteiger charge is -2.18. The molecular formula is C24H29N5O3S2. The summed E-state index contributed by atoms with van der Waals surface area (Å²) in [7, 11) is 1.85. The molecular weight excluding hydrogens is 470 g/mol. The van der Waals surface area contributed by atoms with Crippen molar-refractivity contribution in [2.24, 2.45) is 18.7 Å². The molecule has 1 atom stereocenters. The van der Waals surface area contributed by atoms with Crippen LogP contribution in [0.5, 0.6) is 5.75 Å². The molecule has 2 amide bonds. The number of ether oxygens (including phenoxy) is 1. The molecule has 2 heterocycles. The third-order valence-corrected chi connectivity index (χ3v) is 8.16. The van der Waals surface area contributed by atoms with Gasteiger partial charge in [-0.1, -0.05) is 30.8 Å². The number of nitrogens with zero attached hydrogens (tertiary/aromatic N) is 3. The predicted octanol–water partition coefficient (Wildman–Crippen LogP) is 4.03. The average molecular weight is 500 g/mol. The van der Waals surface area contributed by atoms with Crippen LogP contribution in [0.3, 0.4) is 0 Å².